The van der Waals surface area contributed by atoms with Crippen molar-refractivity contribution in [3.8, 4) is 11.1 Å². The SMILES string of the molecule is C[C@@H](NC(=O)Cc1cccc(C(F)(F)F)c1)c1ccc(-c2ccccc2)cc1. The van der Waals surface area contributed by atoms with Gasteiger partial charge in [-0.1, -0.05) is 72.8 Å². The molecule has 0 aliphatic rings. The molecule has 0 saturated carbocycles. The monoisotopic (exact) mass is 383 g/mol. The van der Waals surface area contributed by atoms with E-state index in [1.165, 1.54) is 12.1 Å². The molecule has 1 atom stereocenters. The van der Waals surface area contributed by atoms with Crippen LogP contribution in [0.5, 0.6) is 0 Å². The smallest absolute Gasteiger partial charge is 0.349 e. The molecule has 3 rings (SSSR count). The summed E-state index contributed by atoms with van der Waals surface area (Å²) in [6.07, 6.45) is -4.52. The summed E-state index contributed by atoms with van der Waals surface area (Å²) in [4.78, 5) is 12.3. The Morgan fingerprint density at radius 1 is 0.893 bits per heavy atom. The van der Waals surface area contributed by atoms with Crippen LogP contribution in [0, 0.1) is 0 Å². The molecule has 144 valence electrons. The second-order valence-corrected chi connectivity index (χ2v) is 6.65. The van der Waals surface area contributed by atoms with Crippen LogP contribution in [0.4, 0.5) is 13.2 Å². The van der Waals surface area contributed by atoms with E-state index in [4.69, 9.17) is 0 Å². The third-order valence-corrected chi connectivity index (χ3v) is 4.51. The van der Waals surface area contributed by atoms with Gasteiger partial charge in [-0.3, -0.25) is 4.79 Å². The number of nitrogens with one attached hydrogen (secondary N) is 1. The van der Waals surface area contributed by atoms with Crippen molar-refractivity contribution in [1.29, 1.82) is 0 Å². The van der Waals surface area contributed by atoms with E-state index >= 15 is 0 Å². The highest BCUT2D eigenvalue weighted by Crippen LogP contribution is 2.29. The molecule has 3 aromatic carbocycles. The largest absolute Gasteiger partial charge is 0.416 e. The van der Waals surface area contributed by atoms with Crippen LogP contribution in [0.25, 0.3) is 11.1 Å². The Bertz CT molecular complexity index is 934. The summed E-state index contributed by atoms with van der Waals surface area (Å²) in [5.74, 6) is -0.320. The third-order valence-electron chi connectivity index (χ3n) is 4.51. The van der Waals surface area contributed by atoms with Crippen molar-refractivity contribution in [1.82, 2.24) is 5.32 Å². The molecule has 0 radical (unpaired) electrons. The molecule has 3 aromatic rings. The first kappa shape index (κ1) is 19.7. The van der Waals surface area contributed by atoms with Crippen LogP contribution in [0.3, 0.4) is 0 Å². The predicted octanol–water partition coefficient (Wildman–Crippen LogP) is 5.79. The van der Waals surface area contributed by atoms with Crippen molar-refractivity contribution >= 4 is 5.91 Å². The molecule has 28 heavy (non-hydrogen) atoms. The van der Waals surface area contributed by atoms with E-state index in [2.05, 4.69) is 5.32 Å². The lowest BCUT2D eigenvalue weighted by molar-refractivity contribution is -0.137. The van der Waals surface area contributed by atoms with Crippen molar-refractivity contribution in [3.63, 3.8) is 0 Å². The van der Waals surface area contributed by atoms with E-state index in [-0.39, 0.29) is 18.4 Å². The van der Waals surface area contributed by atoms with Gasteiger partial charge in [0.1, 0.15) is 0 Å². The first-order valence-electron chi connectivity index (χ1n) is 8.94. The van der Waals surface area contributed by atoms with Crippen LogP contribution in [-0.2, 0) is 17.4 Å². The van der Waals surface area contributed by atoms with Gasteiger partial charge in [0.05, 0.1) is 18.0 Å². The van der Waals surface area contributed by atoms with Gasteiger partial charge in [-0.25, -0.2) is 0 Å². The summed E-state index contributed by atoms with van der Waals surface area (Å²) < 4.78 is 38.4. The van der Waals surface area contributed by atoms with Crippen LogP contribution in [0.2, 0.25) is 0 Å². The number of benzene rings is 3. The minimum Gasteiger partial charge on any atom is -0.349 e. The highest BCUT2D eigenvalue weighted by atomic mass is 19.4. The lowest BCUT2D eigenvalue weighted by Gasteiger charge is -2.15. The fourth-order valence-electron chi connectivity index (χ4n) is 3.01. The molecule has 2 nitrogen and oxygen atoms in total. The Morgan fingerprint density at radius 3 is 2.18 bits per heavy atom. The molecule has 0 aliphatic heterocycles. The average molecular weight is 383 g/mol. The van der Waals surface area contributed by atoms with Gasteiger partial charge in [0.25, 0.3) is 0 Å². The van der Waals surface area contributed by atoms with Gasteiger partial charge < -0.3 is 5.32 Å². The zero-order valence-corrected chi connectivity index (χ0v) is 15.3. The van der Waals surface area contributed by atoms with Gasteiger partial charge in [-0.05, 0) is 35.2 Å². The Hall–Kier alpha value is -3.08. The number of alkyl halides is 3. The standard InChI is InChI=1S/C23H20F3NO/c1-16(18-10-12-20(13-11-18)19-7-3-2-4-8-19)27-22(28)15-17-6-5-9-21(14-17)23(24,25)26/h2-14,16H,15H2,1H3,(H,27,28)/t16-/m1/s1. The first-order valence-corrected chi connectivity index (χ1v) is 8.94. The summed E-state index contributed by atoms with van der Waals surface area (Å²) in [5.41, 5.74) is 2.69. The summed E-state index contributed by atoms with van der Waals surface area (Å²) >= 11 is 0. The van der Waals surface area contributed by atoms with E-state index < -0.39 is 11.7 Å². The van der Waals surface area contributed by atoms with Gasteiger partial charge in [0, 0.05) is 0 Å². The number of hydrogen-bond donors (Lipinski definition) is 1. The van der Waals surface area contributed by atoms with E-state index in [1.807, 2.05) is 61.5 Å². The van der Waals surface area contributed by atoms with Crippen LogP contribution in [0.15, 0.2) is 78.9 Å². The number of halogens is 3. The highest BCUT2D eigenvalue weighted by molar-refractivity contribution is 5.79. The van der Waals surface area contributed by atoms with Gasteiger partial charge >= 0.3 is 6.18 Å². The molecule has 0 aliphatic carbocycles. The summed E-state index contributed by atoms with van der Waals surface area (Å²) in [6.45, 7) is 1.85. The maximum Gasteiger partial charge on any atom is 0.416 e. The second kappa shape index (κ2) is 8.30. The molecule has 0 unspecified atom stereocenters. The van der Waals surface area contributed by atoms with Crippen molar-refractivity contribution in [3.05, 3.63) is 95.6 Å². The molecular weight excluding hydrogens is 363 g/mol. The minimum atomic E-state index is -4.42. The first-order chi connectivity index (χ1) is 13.3. The maximum absolute atomic E-state index is 12.8. The molecular formula is C23H20F3NO. The topological polar surface area (TPSA) is 29.1 Å². The summed E-state index contributed by atoms with van der Waals surface area (Å²) in [5, 5.41) is 2.84. The molecule has 1 N–H and O–H groups in total. The zero-order valence-electron chi connectivity index (χ0n) is 15.3. The molecule has 0 fully saturated rings. The van der Waals surface area contributed by atoms with E-state index in [9.17, 15) is 18.0 Å². The number of carbonyl (C=O) groups is 1. The molecule has 1 amide bonds. The minimum absolute atomic E-state index is 0.101. The van der Waals surface area contributed by atoms with Gasteiger partial charge in [0.15, 0.2) is 0 Å². The Kier molecular flexibility index (Phi) is 5.83. The lowest BCUT2D eigenvalue weighted by Crippen LogP contribution is -2.28. The van der Waals surface area contributed by atoms with E-state index in [0.717, 1.165) is 28.8 Å². The number of rotatable bonds is 5. The van der Waals surface area contributed by atoms with Gasteiger partial charge in [0.2, 0.25) is 5.91 Å². The van der Waals surface area contributed by atoms with Crippen LogP contribution in [0.1, 0.15) is 29.7 Å². The second-order valence-electron chi connectivity index (χ2n) is 6.65. The summed E-state index contributed by atoms with van der Waals surface area (Å²) in [7, 11) is 0. The van der Waals surface area contributed by atoms with Crippen molar-refractivity contribution < 1.29 is 18.0 Å². The number of hydrogen-bond acceptors (Lipinski definition) is 1. The number of amides is 1. The molecule has 0 bridgehead atoms. The summed E-state index contributed by atoms with van der Waals surface area (Å²) in [6, 6.07) is 22.4. The molecule has 0 saturated heterocycles. The zero-order chi connectivity index (χ0) is 20.1. The van der Waals surface area contributed by atoms with Crippen molar-refractivity contribution in [2.75, 3.05) is 0 Å². The molecule has 5 heteroatoms. The third kappa shape index (κ3) is 5.00. The lowest BCUT2D eigenvalue weighted by atomic mass is 10.0. The van der Waals surface area contributed by atoms with Crippen LogP contribution < -0.4 is 5.32 Å². The van der Waals surface area contributed by atoms with Crippen molar-refractivity contribution in [2.45, 2.75) is 25.6 Å². The van der Waals surface area contributed by atoms with E-state index in [1.54, 1.807) is 0 Å². The normalized spacial score (nSPS) is 12.4. The molecule has 0 spiro atoms. The Morgan fingerprint density at radius 2 is 1.54 bits per heavy atom. The fourth-order valence-corrected chi connectivity index (χ4v) is 3.01. The Labute approximate surface area is 162 Å². The quantitative estimate of drug-likeness (QED) is 0.593. The average Bonchev–Trinajstić information content (AvgIpc) is 2.68. The Balaban J connectivity index is 1.63. The van der Waals surface area contributed by atoms with Gasteiger partial charge in [-0.2, -0.15) is 13.2 Å². The maximum atomic E-state index is 12.8. The predicted molar refractivity (Wildman–Crippen MR) is 104 cm³/mol. The molecule has 0 heterocycles. The van der Waals surface area contributed by atoms with Crippen molar-refractivity contribution in [2.24, 2.45) is 0 Å². The fraction of sp³-hybridized carbons (Fsp3) is 0.174. The van der Waals surface area contributed by atoms with E-state index in [0.29, 0.717) is 5.56 Å². The number of carbonyl (C=O) groups excluding carboxylic acids is 1. The van der Waals surface area contributed by atoms with Crippen LogP contribution in [-0.4, -0.2) is 5.91 Å². The highest BCUT2D eigenvalue weighted by Gasteiger charge is 2.30. The van der Waals surface area contributed by atoms with Gasteiger partial charge in [-0.15, -0.1) is 0 Å². The molecule has 0 aromatic heterocycles. The van der Waals surface area contributed by atoms with Crippen LogP contribution >= 0.6 is 0 Å².